The van der Waals surface area contributed by atoms with Gasteiger partial charge in [0.1, 0.15) is 5.75 Å². The zero-order chi connectivity index (χ0) is 14.8. The van der Waals surface area contributed by atoms with Crippen LogP contribution >= 0.6 is 0 Å². The lowest BCUT2D eigenvalue weighted by Gasteiger charge is -2.10. The molecule has 0 aliphatic rings. The number of hydrogen-bond donors (Lipinski definition) is 1. The minimum absolute atomic E-state index is 0.00355. The van der Waals surface area contributed by atoms with E-state index in [4.69, 9.17) is 4.74 Å². The van der Waals surface area contributed by atoms with Crippen molar-refractivity contribution in [2.24, 2.45) is 0 Å². The van der Waals surface area contributed by atoms with Gasteiger partial charge in [-0.15, -0.1) is 0 Å². The Labute approximate surface area is 117 Å². The lowest BCUT2D eigenvalue weighted by Crippen LogP contribution is -1.93. The fourth-order valence-electron chi connectivity index (χ4n) is 1.85. The van der Waals surface area contributed by atoms with Crippen molar-refractivity contribution in [2.75, 3.05) is 7.11 Å². The first-order valence-electron chi connectivity index (χ1n) is 6.93. The number of aliphatic hydroxyl groups excluding tert-OH is 1. The summed E-state index contributed by atoms with van der Waals surface area (Å²) in [5, 5.41) is 11.5. The van der Waals surface area contributed by atoms with Crippen LogP contribution in [0.2, 0.25) is 0 Å². The fourth-order valence-corrected chi connectivity index (χ4v) is 1.85. The number of rotatable bonds is 2. The van der Waals surface area contributed by atoms with Gasteiger partial charge in [0, 0.05) is 5.56 Å². The standard InChI is InChI=1S/C13H14O2.2C2H6/c1-9-3-5-11-10(7-9)4-6-13(15-2)12(11)8-14;2*1-2/h3-7,14H,8H2,1-2H3;2*1-2H3. The van der Waals surface area contributed by atoms with E-state index >= 15 is 0 Å². The predicted octanol–water partition coefficient (Wildman–Crippen LogP) is 4.70. The summed E-state index contributed by atoms with van der Waals surface area (Å²) in [5.74, 6) is 0.744. The minimum atomic E-state index is 0.00355. The second-order valence-electron chi connectivity index (χ2n) is 3.63. The number of aliphatic hydroxyl groups is 1. The highest BCUT2D eigenvalue weighted by Crippen LogP contribution is 2.28. The summed E-state index contributed by atoms with van der Waals surface area (Å²) < 4.78 is 5.21. The Hall–Kier alpha value is -1.54. The van der Waals surface area contributed by atoms with Crippen LogP contribution in [0.25, 0.3) is 10.8 Å². The normalized spacial score (nSPS) is 9.00. The van der Waals surface area contributed by atoms with Gasteiger partial charge in [-0.05, 0) is 23.8 Å². The predicted molar refractivity (Wildman–Crippen MR) is 83.9 cm³/mol. The molecule has 0 aliphatic carbocycles. The topological polar surface area (TPSA) is 29.5 Å². The molecule has 1 N–H and O–H groups in total. The highest BCUT2D eigenvalue weighted by Gasteiger charge is 2.06. The minimum Gasteiger partial charge on any atom is -0.496 e. The number of benzene rings is 2. The Morgan fingerprint density at radius 1 is 1.00 bits per heavy atom. The van der Waals surface area contributed by atoms with Crippen LogP contribution < -0.4 is 4.74 Å². The first-order valence-corrected chi connectivity index (χ1v) is 6.93. The second kappa shape index (κ2) is 9.40. The average molecular weight is 262 g/mol. The molecule has 0 aromatic heterocycles. The van der Waals surface area contributed by atoms with Crippen molar-refractivity contribution in [2.45, 2.75) is 41.2 Å². The highest BCUT2D eigenvalue weighted by molar-refractivity contribution is 5.88. The van der Waals surface area contributed by atoms with Crippen molar-refractivity contribution in [3.63, 3.8) is 0 Å². The van der Waals surface area contributed by atoms with E-state index in [1.54, 1.807) is 7.11 Å². The zero-order valence-corrected chi connectivity index (χ0v) is 12.9. The van der Waals surface area contributed by atoms with E-state index in [2.05, 4.69) is 13.0 Å². The van der Waals surface area contributed by atoms with E-state index in [1.165, 1.54) is 5.56 Å². The Bertz CT molecular complexity index is 490. The number of methoxy groups -OCH3 is 1. The van der Waals surface area contributed by atoms with Gasteiger partial charge in [-0.25, -0.2) is 0 Å². The maximum absolute atomic E-state index is 9.34. The van der Waals surface area contributed by atoms with E-state index in [-0.39, 0.29) is 6.61 Å². The van der Waals surface area contributed by atoms with Crippen LogP contribution in [0, 0.1) is 6.92 Å². The van der Waals surface area contributed by atoms with Gasteiger partial charge in [0.2, 0.25) is 0 Å². The number of ether oxygens (including phenoxy) is 1. The van der Waals surface area contributed by atoms with Gasteiger partial charge < -0.3 is 9.84 Å². The molecule has 19 heavy (non-hydrogen) atoms. The summed E-state index contributed by atoms with van der Waals surface area (Å²) in [5.41, 5.74) is 2.08. The van der Waals surface area contributed by atoms with Gasteiger partial charge in [-0.3, -0.25) is 0 Å². The second-order valence-corrected chi connectivity index (χ2v) is 3.63. The first-order chi connectivity index (χ1) is 9.26. The molecule has 2 rings (SSSR count). The SMILES string of the molecule is CC.CC.COc1ccc2cc(C)ccc2c1CO. The van der Waals surface area contributed by atoms with E-state index in [1.807, 2.05) is 52.0 Å². The smallest absolute Gasteiger partial charge is 0.125 e. The average Bonchev–Trinajstić information content (AvgIpc) is 2.49. The third kappa shape index (κ3) is 4.25. The molecular formula is C17H26O2. The molecule has 0 heterocycles. The molecule has 0 bridgehead atoms. The maximum Gasteiger partial charge on any atom is 0.125 e. The summed E-state index contributed by atoms with van der Waals surface area (Å²) in [6.45, 7) is 10.1. The summed E-state index contributed by atoms with van der Waals surface area (Å²) in [7, 11) is 1.62. The molecule has 0 atom stereocenters. The van der Waals surface area contributed by atoms with E-state index in [9.17, 15) is 5.11 Å². The molecule has 0 spiro atoms. The fraction of sp³-hybridized carbons (Fsp3) is 0.412. The number of aryl methyl sites for hydroxylation is 1. The van der Waals surface area contributed by atoms with Gasteiger partial charge in [0.25, 0.3) is 0 Å². The molecular weight excluding hydrogens is 236 g/mol. The quantitative estimate of drug-likeness (QED) is 0.850. The van der Waals surface area contributed by atoms with E-state index in [0.29, 0.717) is 0 Å². The lowest BCUT2D eigenvalue weighted by molar-refractivity contribution is 0.275. The number of fused-ring (bicyclic) bond motifs is 1. The Morgan fingerprint density at radius 2 is 1.63 bits per heavy atom. The van der Waals surface area contributed by atoms with E-state index in [0.717, 1.165) is 22.1 Å². The molecule has 0 unspecified atom stereocenters. The van der Waals surface area contributed by atoms with Crippen molar-refractivity contribution >= 4 is 10.8 Å². The summed E-state index contributed by atoms with van der Waals surface area (Å²) in [6.07, 6.45) is 0. The van der Waals surface area contributed by atoms with Crippen LogP contribution in [-0.4, -0.2) is 12.2 Å². The summed E-state index contributed by atoms with van der Waals surface area (Å²) in [6, 6.07) is 10.1. The molecule has 0 saturated carbocycles. The largest absolute Gasteiger partial charge is 0.496 e. The number of hydrogen-bond acceptors (Lipinski definition) is 2. The molecule has 0 aliphatic heterocycles. The van der Waals surface area contributed by atoms with Crippen LogP contribution in [0.5, 0.6) is 5.75 Å². The van der Waals surface area contributed by atoms with Crippen molar-refractivity contribution < 1.29 is 9.84 Å². The van der Waals surface area contributed by atoms with Crippen LogP contribution in [0.15, 0.2) is 30.3 Å². The molecule has 0 saturated heterocycles. The van der Waals surface area contributed by atoms with Gasteiger partial charge in [-0.2, -0.15) is 0 Å². The van der Waals surface area contributed by atoms with Crippen molar-refractivity contribution in [3.8, 4) is 5.75 Å². The molecule has 0 fully saturated rings. The van der Waals surface area contributed by atoms with Gasteiger partial charge in [0.15, 0.2) is 0 Å². The first kappa shape index (κ1) is 17.5. The van der Waals surface area contributed by atoms with Crippen LogP contribution in [0.1, 0.15) is 38.8 Å². The monoisotopic (exact) mass is 262 g/mol. The van der Waals surface area contributed by atoms with Gasteiger partial charge in [0.05, 0.1) is 13.7 Å². The Morgan fingerprint density at radius 3 is 2.16 bits per heavy atom. The molecule has 2 aromatic rings. The van der Waals surface area contributed by atoms with Gasteiger partial charge >= 0.3 is 0 Å². The van der Waals surface area contributed by atoms with Gasteiger partial charge in [-0.1, -0.05) is 57.5 Å². The molecule has 2 nitrogen and oxygen atoms in total. The van der Waals surface area contributed by atoms with Crippen molar-refractivity contribution in [3.05, 3.63) is 41.5 Å². The molecule has 2 aromatic carbocycles. The van der Waals surface area contributed by atoms with Crippen molar-refractivity contribution in [1.82, 2.24) is 0 Å². The molecule has 0 radical (unpaired) electrons. The van der Waals surface area contributed by atoms with Crippen LogP contribution in [-0.2, 0) is 6.61 Å². The van der Waals surface area contributed by atoms with E-state index < -0.39 is 0 Å². The molecule has 106 valence electrons. The third-order valence-corrected chi connectivity index (χ3v) is 2.62. The summed E-state index contributed by atoms with van der Waals surface area (Å²) >= 11 is 0. The Kier molecular flexibility index (Phi) is 8.64. The zero-order valence-electron chi connectivity index (χ0n) is 12.9. The molecule has 0 amide bonds. The maximum atomic E-state index is 9.34. The third-order valence-electron chi connectivity index (χ3n) is 2.62. The molecule has 2 heteroatoms. The highest BCUT2D eigenvalue weighted by atomic mass is 16.5. The van der Waals surface area contributed by atoms with Crippen LogP contribution in [0.3, 0.4) is 0 Å². The summed E-state index contributed by atoms with van der Waals surface area (Å²) in [4.78, 5) is 0. The van der Waals surface area contributed by atoms with Crippen LogP contribution in [0.4, 0.5) is 0 Å². The lowest BCUT2D eigenvalue weighted by atomic mass is 10.0. The Balaban J connectivity index is 0.000000741. The van der Waals surface area contributed by atoms with Crippen molar-refractivity contribution in [1.29, 1.82) is 0 Å².